The highest BCUT2D eigenvalue weighted by molar-refractivity contribution is 5.68. The van der Waals surface area contributed by atoms with E-state index in [2.05, 4.69) is 291 Å². The number of benzene rings is 12. The van der Waals surface area contributed by atoms with Crippen molar-refractivity contribution >= 4 is 0 Å². The normalized spacial score (nSPS) is 10.9. The summed E-state index contributed by atoms with van der Waals surface area (Å²) in [6.07, 6.45) is 3.07. The Kier molecular flexibility index (Phi) is 24.9. The Bertz CT molecular complexity index is 4300. The first-order chi connectivity index (χ1) is 46.4. The van der Waals surface area contributed by atoms with Gasteiger partial charge in [0.05, 0.1) is 0 Å². The second kappa shape index (κ2) is 35.1. The van der Waals surface area contributed by atoms with Crippen LogP contribution in [0.3, 0.4) is 0 Å². The summed E-state index contributed by atoms with van der Waals surface area (Å²) in [6, 6.07) is 105. The molecule has 0 radical (unpaired) electrons. The van der Waals surface area contributed by atoms with Crippen LogP contribution >= 0.6 is 0 Å². The average Bonchev–Trinajstić information content (AvgIpc) is 1.70. The van der Waals surface area contributed by atoms with Gasteiger partial charge in [-0.05, 0) is 200 Å². The standard InChI is InChI=1S/C36H34O2.C30H30O2.C24H26O/c1-27(2)21-34-15-6-7-20-36(34)38-26-29-12-9-17-32(23-29)33-18-10-19-35(24-33)37-25-28-11-8-16-31(22-28)30-13-4-3-5-14-30;1-23(2)18-28-13-6-7-17-30(28)32-22-25-12-8-14-26(19-25)27-15-9-16-29(20-27)31-21-24-10-4-3-5-11-24;1-18(2)14-23-10-4-5-13-24(23)25-17-20-9-7-12-22(16-20)21-11-6-8-19(3)15-21/h3-20,22-24,27H,21,25-26H2,1-2H3;3-17,19-20,23H,18,21-22H2,1-2H3;4-13,15-16,18H,14,17H2,1-3H3. The molecule has 0 amide bonds. The van der Waals surface area contributed by atoms with Crippen LogP contribution < -0.4 is 23.7 Å². The van der Waals surface area contributed by atoms with E-state index in [1.165, 1.54) is 50.1 Å². The fraction of sp³-hybridized carbons (Fsp3) is 0.200. The van der Waals surface area contributed by atoms with E-state index >= 15 is 0 Å². The summed E-state index contributed by atoms with van der Waals surface area (Å²) >= 11 is 0. The number of hydrogen-bond donors (Lipinski definition) is 0. The number of aryl methyl sites for hydroxylation is 1. The molecule has 480 valence electrons. The van der Waals surface area contributed by atoms with Crippen molar-refractivity contribution in [2.75, 3.05) is 0 Å². The first-order valence-corrected chi connectivity index (χ1v) is 33.5. The third-order valence-electron chi connectivity index (χ3n) is 16.1. The molecular weight excluding hydrogens is 1160 g/mol. The van der Waals surface area contributed by atoms with Crippen molar-refractivity contribution in [1.29, 1.82) is 0 Å². The molecule has 0 saturated carbocycles. The van der Waals surface area contributed by atoms with E-state index in [9.17, 15) is 0 Å². The number of para-hydroxylation sites is 3. The highest BCUT2D eigenvalue weighted by atomic mass is 16.5. The van der Waals surface area contributed by atoms with E-state index in [-0.39, 0.29) is 0 Å². The zero-order chi connectivity index (χ0) is 66.0. The summed E-state index contributed by atoms with van der Waals surface area (Å²) in [4.78, 5) is 0. The van der Waals surface area contributed by atoms with E-state index in [1.54, 1.807) is 0 Å². The van der Waals surface area contributed by atoms with Gasteiger partial charge in [0.15, 0.2) is 0 Å². The Balaban J connectivity index is 0.000000159. The molecule has 0 N–H and O–H groups in total. The van der Waals surface area contributed by atoms with Crippen LogP contribution in [0.2, 0.25) is 0 Å². The minimum absolute atomic E-state index is 0.522. The molecule has 0 atom stereocenters. The highest BCUT2D eigenvalue weighted by Crippen LogP contribution is 2.31. The van der Waals surface area contributed by atoms with Crippen molar-refractivity contribution < 1.29 is 23.7 Å². The molecule has 0 heterocycles. The van der Waals surface area contributed by atoms with E-state index < -0.39 is 0 Å². The summed E-state index contributed by atoms with van der Waals surface area (Å²) < 4.78 is 30.8. The molecule has 0 aliphatic heterocycles. The maximum Gasteiger partial charge on any atom is 0.123 e. The molecule has 0 unspecified atom stereocenters. The van der Waals surface area contributed by atoms with Crippen molar-refractivity contribution in [3.05, 3.63) is 353 Å². The Morgan fingerprint density at radius 3 is 0.853 bits per heavy atom. The maximum absolute atomic E-state index is 6.24. The Hall–Kier alpha value is -10.4. The third kappa shape index (κ3) is 21.3. The maximum atomic E-state index is 6.24. The van der Waals surface area contributed by atoms with Gasteiger partial charge in [-0.2, -0.15) is 0 Å². The lowest BCUT2D eigenvalue weighted by atomic mass is 10.0. The SMILES string of the molecule is CC(C)Cc1ccccc1OCc1cccc(-c2cccc(OCc3cccc(-c4ccccc4)c3)c2)c1.CC(C)Cc1ccccc1OCc1cccc(-c2cccc(OCc3ccccc3)c2)c1.Cc1cccc(-c2cccc(COc3ccccc3CC(C)C)c2)c1. The molecule has 12 aromatic carbocycles. The fourth-order valence-electron chi connectivity index (χ4n) is 11.5. The van der Waals surface area contributed by atoms with Crippen LogP contribution in [0.1, 0.15) is 91.6 Å². The van der Waals surface area contributed by atoms with Crippen LogP contribution in [-0.2, 0) is 52.3 Å². The zero-order valence-corrected chi connectivity index (χ0v) is 56.3. The predicted octanol–water partition coefficient (Wildman–Crippen LogP) is 23.5. The van der Waals surface area contributed by atoms with Crippen LogP contribution in [0.5, 0.6) is 28.7 Å². The lowest BCUT2D eigenvalue weighted by molar-refractivity contribution is 0.301. The Morgan fingerprint density at radius 2 is 0.484 bits per heavy atom. The molecule has 0 spiro atoms. The van der Waals surface area contributed by atoms with Gasteiger partial charge in [-0.1, -0.05) is 284 Å². The van der Waals surface area contributed by atoms with E-state index in [0.717, 1.165) is 92.5 Å². The molecule has 12 aromatic rings. The molecular formula is C90H90O5. The molecule has 0 aliphatic rings. The van der Waals surface area contributed by atoms with Gasteiger partial charge in [0.1, 0.15) is 61.8 Å². The van der Waals surface area contributed by atoms with Gasteiger partial charge in [0, 0.05) is 0 Å². The summed E-state index contributed by atoms with van der Waals surface area (Å²) in [5, 5.41) is 0. The third-order valence-corrected chi connectivity index (χ3v) is 16.1. The fourth-order valence-corrected chi connectivity index (χ4v) is 11.5. The number of ether oxygens (including phenoxy) is 5. The quantitative estimate of drug-likeness (QED) is 0.0571. The van der Waals surface area contributed by atoms with E-state index in [4.69, 9.17) is 23.7 Å². The molecule has 0 bridgehead atoms. The Labute approximate surface area is 565 Å². The molecule has 0 aliphatic carbocycles. The summed E-state index contributed by atoms with van der Waals surface area (Å²) in [7, 11) is 0. The monoisotopic (exact) mass is 1250 g/mol. The molecule has 95 heavy (non-hydrogen) atoms. The van der Waals surface area contributed by atoms with Crippen LogP contribution in [0.25, 0.3) is 44.5 Å². The highest BCUT2D eigenvalue weighted by Gasteiger charge is 2.12. The van der Waals surface area contributed by atoms with Gasteiger partial charge >= 0.3 is 0 Å². The van der Waals surface area contributed by atoms with Gasteiger partial charge in [0.25, 0.3) is 0 Å². The average molecular weight is 1250 g/mol. The van der Waals surface area contributed by atoms with Crippen LogP contribution in [0, 0.1) is 24.7 Å². The Morgan fingerprint density at radius 1 is 0.221 bits per heavy atom. The van der Waals surface area contributed by atoms with Crippen molar-refractivity contribution in [2.24, 2.45) is 17.8 Å². The van der Waals surface area contributed by atoms with E-state index in [0.29, 0.717) is 50.8 Å². The molecule has 12 rings (SSSR count). The van der Waals surface area contributed by atoms with Crippen molar-refractivity contribution in [3.8, 4) is 73.3 Å². The first kappa shape index (κ1) is 67.5. The second-order valence-corrected chi connectivity index (χ2v) is 25.6. The van der Waals surface area contributed by atoms with Crippen LogP contribution in [0.4, 0.5) is 0 Å². The van der Waals surface area contributed by atoms with Crippen LogP contribution in [-0.4, -0.2) is 0 Å². The summed E-state index contributed by atoms with van der Waals surface area (Å²) in [5.74, 6) is 6.48. The van der Waals surface area contributed by atoms with Crippen LogP contribution in [0.15, 0.2) is 303 Å². The molecule has 0 fully saturated rings. The van der Waals surface area contributed by atoms with Gasteiger partial charge in [-0.15, -0.1) is 0 Å². The lowest BCUT2D eigenvalue weighted by Gasteiger charge is -2.14. The molecule has 0 aromatic heterocycles. The summed E-state index contributed by atoms with van der Waals surface area (Å²) in [5.41, 5.74) is 20.4. The van der Waals surface area contributed by atoms with Gasteiger partial charge in [0.2, 0.25) is 0 Å². The smallest absolute Gasteiger partial charge is 0.123 e. The molecule has 0 saturated heterocycles. The molecule has 5 nitrogen and oxygen atoms in total. The zero-order valence-electron chi connectivity index (χ0n) is 56.3. The van der Waals surface area contributed by atoms with Gasteiger partial charge < -0.3 is 23.7 Å². The molecule has 5 heteroatoms. The lowest BCUT2D eigenvalue weighted by Crippen LogP contribution is -2.01. The number of hydrogen-bond acceptors (Lipinski definition) is 5. The largest absolute Gasteiger partial charge is 0.489 e. The van der Waals surface area contributed by atoms with Crippen molar-refractivity contribution in [2.45, 2.75) is 101 Å². The van der Waals surface area contributed by atoms with Crippen molar-refractivity contribution in [3.63, 3.8) is 0 Å². The van der Waals surface area contributed by atoms with E-state index in [1.807, 2.05) is 60.7 Å². The minimum atomic E-state index is 0.522. The van der Waals surface area contributed by atoms with Crippen molar-refractivity contribution in [1.82, 2.24) is 0 Å². The predicted molar refractivity (Wildman–Crippen MR) is 395 cm³/mol. The first-order valence-electron chi connectivity index (χ1n) is 33.5. The van der Waals surface area contributed by atoms with Gasteiger partial charge in [-0.3, -0.25) is 0 Å². The van der Waals surface area contributed by atoms with Gasteiger partial charge in [-0.25, -0.2) is 0 Å². The number of rotatable bonds is 25. The topological polar surface area (TPSA) is 46.2 Å². The minimum Gasteiger partial charge on any atom is -0.489 e. The second-order valence-electron chi connectivity index (χ2n) is 25.6. The summed E-state index contributed by atoms with van der Waals surface area (Å²) in [6.45, 7) is 18.3.